The minimum atomic E-state index is -1.07. The van der Waals surface area contributed by atoms with Crippen molar-refractivity contribution < 1.29 is 14.7 Å². The van der Waals surface area contributed by atoms with Crippen molar-refractivity contribution in [2.24, 2.45) is 0 Å². The number of hydrogen-bond acceptors (Lipinski definition) is 4. The van der Waals surface area contributed by atoms with Crippen LogP contribution in [0.15, 0.2) is 23.3 Å². The van der Waals surface area contributed by atoms with Crippen LogP contribution in [-0.2, 0) is 11.2 Å². The molecule has 1 amide bonds. The molecule has 0 aliphatic heterocycles. The maximum atomic E-state index is 12.0. The van der Waals surface area contributed by atoms with Crippen LogP contribution in [0, 0.1) is 6.92 Å². The zero-order chi connectivity index (χ0) is 13.8. The van der Waals surface area contributed by atoms with E-state index in [1.54, 1.807) is 5.38 Å². The van der Waals surface area contributed by atoms with E-state index < -0.39 is 12.0 Å². The lowest BCUT2D eigenvalue weighted by atomic mass is 10.1. The van der Waals surface area contributed by atoms with Gasteiger partial charge in [0.2, 0.25) is 0 Å². The summed E-state index contributed by atoms with van der Waals surface area (Å²) in [6, 6.07) is -0.979. The Labute approximate surface area is 113 Å². The average Bonchev–Trinajstić information content (AvgIpc) is 2.99. The van der Waals surface area contributed by atoms with Crippen LogP contribution in [0.1, 0.15) is 21.6 Å². The number of aryl methyl sites for hydroxylation is 1. The Hall–Kier alpha value is -2.15. The van der Waals surface area contributed by atoms with Crippen molar-refractivity contribution in [2.75, 3.05) is 0 Å². The molecule has 0 aliphatic carbocycles. The highest BCUT2D eigenvalue weighted by molar-refractivity contribution is 7.08. The van der Waals surface area contributed by atoms with Gasteiger partial charge in [0.15, 0.2) is 0 Å². The molecule has 1 atom stereocenters. The minimum absolute atomic E-state index is 0.171. The van der Waals surface area contributed by atoms with Gasteiger partial charge >= 0.3 is 5.97 Å². The highest BCUT2D eigenvalue weighted by Gasteiger charge is 2.22. The molecule has 2 aromatic heterocycles. The summed E-state index contributed by atoms with van der Waals surface area (Å²) in [4.78, 5) is 29.8. The van der Waals surface area contributed by atoms with Gasteiger partial charge in [-0.25, -0.2) is 9.78 Å². The van der Waals surface area contributed by atoms with Gasteiger partial charge < -0.3 is 15.4 Å². The third kappa shape index (κ3) is 3.19. The van der Waals surface area contributed by atoms with Crippen molar-refractivity contribution in [3.8, 4) is 0 Å². The first kappa shape index (κ1) is 13.3. The van der Waals surface area contributed by atoms with Crippen LogP contribution in [0.25, 0.3) is 0 Å². The first-order chi connectivity index (χ1) is 9.08. The van der Waals surface area contributed by atoms with Gasteiger partial charge in [-0.2, -0.15) is 11.3 Å². The maximum absolute atomic E-state index is 12.0. The van der Waals surface area contributed by atoms with Crippen molar-refractivity contribution in [1.29, 1.82) is 0 Å². The molecule has 0 radical (unpaired) electrons. The molecule has 3 N–H and O–H groups in total. The first-order valence-electron chi connectivity index (χ1n) is 5.61. The Kier molecular flexibility index (Phi) is 3.96. The lowest BCUT2D eigenvalue weighted by Crippen LogP contribution is -2.42. The summed E-state index contributed by atoms with van der Waals surface area (Å²) in [7, 11) is 0. The summed E-state index contributed by atoms with van der Waals surface area (Å²) in [5, 5.41) is 15.2. The fraction of sp³-hybridized carbons (Fsp3) is 0.250. The van der Waals surface area contributed by atoms with E-state index in [9.17, 15) is 9.59 Å². The van der Waals surface area contributed by atoms with Crippen molar-refractivity contribution >= 4 is 23.2 Å². The second-order valence-electron chi connectivity index (χ2n) is 4.11. The zero-order valence-electron chi connectivity index (χ0n) is 10.2. The van der Waals surface area contributed by atoms with Crippen LogP contribution < -0.4 is 5.32 Å². The molecule has 7 heteroatoms. The Morgan fingerprint density at radius 2 is 2.32 bits per heavy atom. The lowest BCUT2D eigenvalue weighted by Gasteiger charge is -2.13. The summed E-state index contributed by atoms with van der Waals surface area (Å²) in [5.41, 5.74) is 2.02. The average molecular weight is 279 g/mol. The van der Waals surface area contributed by atoms with Crippen LogP contribution in [0.3, 0.4) is 0 Å². The minimum Gasteiger partial charge on any atom is -0.480 e. The van der Waals surface area contributed by atoms with Gasteiger partial charge in [-0.15, -0.1) is 0 Å². The summed E-state index contributed by atoms with van der Waals surface area (Å²) >= 11 is 1.41. The zero-order valence-corrected chi connectivity index (χ0v) is 11.0. The van der Waals surface area contributed by atoms with Crippen molar-refractivity contribution in [1.82, 2.24) is 15.3 Å². The lowest BCUT2D eigenvalue weighted by molar-refractivity contribution is -0.139. The van der Waals surface area contributed by atoms with Crippen LogP contribution in [-0.4, -0.2) is 33.0 Å². The number of imidazole rings is 1. The molecule has 2 rings (SSSR count). The van der Waals surface area contributed by atoms with E-state index in [4.69, 9.17) is 5.11 Å². The monoisotopic (exact) mass is 279 g/mol. The van der Waals surface area contributed by atoms with Gasteiger partial charge in [-0.3, -0.25) is 4.79 Å². The number of aromatic amines is 1. The van der Waals surface area contributed by atoms with Crippen molar-refractivity contribution in [3.05, 3.63) is 40.1 Å². The molecule has 0 spiro atoms. The van der Waals surface area contributed by atoms with Crippen LogP contribution >= 0.6 is 11.3 Å². The number of amides is 1. The SMILES string of the molecule is Cc1cscc1C(=O)N[C@H](Cc1cnc[nH]1)C(=O)O. The Morgan fingerprint density at radius 3 is 2.84 bits per heavy atom. The third-order valence-electron chi connectivity index (χ3n) is 2.68. The van der Waals surface area contributed by atoms with Gasteiger partial charge in [0.1, 0.15) is 6.04 Å². The molecular formula is C12H13N3O3S. The number of carbonyl (C=O) groups excluding carboxylic acids is 1. The maximum Gasteiger partial charge on any atom is 0.326 e. The molecule has 0 aliphatic rings. The Balaban J connectivity index is 2.07. The van der Waals surface area contributed by atoms with E-state index in [2.05, 4.69) is 15.3 Å². The molecule has 0 bridgehead atoms. The predicted molar refractivity (Wildman–Crippen MR) is 70.2 cm³/mol. The van der Waals surface area contributed by atoms with Crippen LogP contribution in [0.2, 0.25) is 0 Å². The second-order valence-corrected chi connectivity index (χ2v) is 4.86. The van der Waals surface area contributed by atoms with Gasteiger partial charge in [0.25, 0.3) is 5.91 Å². The predicted octanol–water partition coefficient (Wildman–Crippen LogP) is 1.21. The molecule has 0 saturated carbocycles. The fourth-order valence-electron chi connectivity index (χ4n) is 1.65. The molecule has 2 aromatic rings. The third-order valence-corrected chi connectivity index (χ3v) is 3.54. The molecule has 6 nitrogen and oxygen atoms in total. The topological polar surface area (TPSA) is 95.1 Å². The summed E-state index contributed by atoms with van der Waals surface area (Å²) in [6.07, 6.45) is 3.18. The van der Waals surface area contributed by atoms with Gasteiger partial charge in [0.05, 0.1) is 11.9 Å². The highest BCUT2D eigenvalue weighted by atomic mass is 32.1. The molecule has 2 heterocycles. The number of nitrogens with one attached hydrogen (secondary N) is 2. The van der Waals surface area contributed by atoms with Crippen molar-refractivity contribution in [3.63, 3.8) is 0 Å². The van der Waals surface area contributed by atoms with E-state index in [0.717, 1.165) is 5.56 Å². The molecule has 0 fully saturated rings. The highest BCUT2D eigenvalue weighted by Crippen LogP contribution is 2.13. The Morgan fingerprint density at radius 1 is 1.53 bits per heavy atom. The number of hydrogen-bond donors (Lipinski definition) is 3. The van der Waals surface area contributed by atoms with Gasteiger partial charge in [-0.1, -0.05) is 0 Å². The van der Waals surface area contributed by atoms with E-state index >= 15 is 0 Å². The molecule has 100 valence electrons. The van der Waals surface area contributed by atoms with E-state index in [-0.39, 0.29) is 12.3 Å². The Bertz CT molecular complexity index is 577. The number of aliphatic carboxylic acids is 1. The van der Waals surface area contributed by atoms with E-state index in [0.29, 0.717) is 11.3 Å². The van der Waals surface area contributed by atoms with Gasteiger partial charge in [0, 0.05) is 23.7 Å². The fourth-order valence-corrected chi connectivity index (χ4v) is 2.47. The number of carboxylic acids is 1. The molecule has 0 saturated heterocycles. The summed E-state index contributed by atoms with van der Waals surface area (Å²) in [6.45, 7) is 1.82. The number of nitrogens with zero attached hydrogens (tertiary/aromatic N) is 1. The summed E-state index contributed by atoms with van der Waals surface area (Å²) in [5.74, 6) is -1.44. The normalized spacial score (nSPS) is 12.1. The molecule has 0 unspecified atom stereocenters. The number of carboxylic acid groups (broad SMARTS) is 1. The number of carbonyl (C=O) groups is 2. The van der Waals surface area contributed by atoms with E-state index in [1.165, 1.54) is 23.9 Å². The molecule has 0 aromatic carbocycles. The largest absolute Gasteiger partial charge is 0.480 e. The second kappa shape index (κ2) is 5.66. The summed E-state index contributed by atoms with van der Waals surface area (Å²) < 4.78 is 0. The number of rotatable bonds is 5. The van der Waals surface area contributed by atoms with Crippen LogP contribution in [0.5, 0.6) is 0 Å². The first-order valence-corrected chi connectivity index (χ1v) is 6.56. The smallest absolute Gasteiger partial charge is 0.326 e. The van der Waals surface area contributed by atoms with E-state index in [1.807, 2.05) is 12.3 Å². The number of H-pyrrole nitrogens is 1. The molecule has 19 heavy (non-hydrogen) atoms. The number of aromatic nitrogens is 2. The standard InChI is InChI=1S/C12H13N3O3S/c1-7-4-19-5-9(7)11(16)15-10(12(17)18)2-8-3-13-6-14-8/h3-6,10H,2H2,1H3,(H,13,14)(H,15,16)(H,17,18)/t10-/m1/s1. The number of thiophene rings is 1. The van der Waals surface area contributed by atoms with Crippen LogP contribution in [0.4, 0.5) is 0 Å². The molecular weight excluding hydrogens is 266 g/mol. The quantitative estimate of drug-likeness (QED) is 0.766. The van der Waals surface area contributed by atoms with Gasteiger partial charge in [-0.05, 0) is 17.9 Å². The van der Waals surface area contributed by atoms with Crippen molar-refractivity contribution in [2.45, 2.75) is 19.4 Å².